The maximum absolute atomic E-state index is 11.4. The molecule has 0 aliphatic carbocycles. The predicted octanol–water partition coefficient (Wildman–Crippen LogP) is -0.0912. The van der Waals surface area contributed by atoms with Gasteiger partial charge < -0.3 is 10.4 Å². The molecule has 0 bridgehead atoms. The number of aryl methyl sites for hydroxylation is 1. The van der Waals surface area contributed by atoms with E-state index in [0.717, 1.165) is 0 Å². The SMILES string of the molecule is CCC(O)CNc1cc2n[nH]c(=O)n2c(C)n1. The number of aromatic nitrogens is 4. The maximum atomic E-state index is 11.4. The number of aliphatic hydroxyl groups excluding tert-OH is 1. The van der Waals surface area contributed by atoms with Gasteiger partial charge >= 0.3 is 5.69 Å². The number of H-pyrrole nitrogens is 1. The van der Waals surface area contributed by atoms with Gasteiger partial charge in [-0.3, -0.25) is 0 Å². The van der Waals surface area contributed by atoms with Gasteiger partial charge in [-0.1, -0.05) is 6.92 Å². The predicted molar refractivity (Wildman–Crippen MR) is 63.1 cm³/mol. The van der Waals surface area contributed by atoms with Crippen molar-refractivity contribution >= 4 is 11.5 Å². The molecule has 7 heteroatoms. The van der Waals surface area contributed by atoms with Gasteiger partial charge in [-0.05, 0) is 13.3 Å². The first-order chi connectivity index (χ1) is 8.11. The Morgan fingerprint density at radius 1 is 1.65 bits per heavy atom. The van der Waals surface area contributed by atoms with Crippen LogP contribution in [0.2, 0.25) is 0 Å². The van der Waals surface area contributed by atoms with Crippen LogP contribution < -0.4 is 11.0 Å². The van der Waals surface area contributed by atoms with Crippen LogP contribution in [0, 0.1) is 6.92 Å². The number of hydrogen-bond acceptors (Lipinski definition) is 5. The van der Waals surface area contributed by atoms with E-state index in [0.29, 0.717) is 30.3 Å². The molecule has 0 aliphatic rings. The number of aliphatic hydroxyl groups is 1. The van der Waals surface area contributed by atoms with Crippen molar-refractivity contribution in [1.82, 2.24) is 19.6 Å². The molecule has 2 aromatic rings. The molecule has 1 atom stereocenters. The first kappa shape index (κ1) is 11.6. The molecule has 3 N–H and O–H groups in total. The summed E-state index contributed by atoms with van der Waals surface area (Å²) >= 11 is 0. The molecule has 0 fully saturated rings. The lowest BCUT2D eigenvalue weighted by molar-refractivity contribution is 0.183. The van der Waals surface area contributed by atoms with Gasteiger partial charge in [0.1, 0.15) is 11.6 Å². The number of nitrogens with zero attached hydrogens (tertiary/aromatic N) is 3. The Morgan fingerprint density at radius 2 is 2.41 bits per heavy atom. The summed E-state index contributed by atoms with van der Waals surface area (Å²) in [6.07, 6.45) is 0.269. The van der Waals surface area contributed by atoms with E-state index in [2.05, 4.69) is 20.5 Å². The quantitative estimate of drug-likeness (QED) is 0.690. The van der Waals surface area contributed by atoms with E-state index in [1.807, 2.05) is 6.92 Å². The van der Waals surface area contributed by atoms with Crippen LogP contribution >= 0.6 is 0 Å². The van der Waals surface area contributed by atoms with Crippen LogP contribution in [-0.4, -0.2) is 37.3 Å². The molecular weight excluding hydrogens is 222 g/mol. The Hall–Kier alpha value is -1.89. The molecule has 2 rings (SSSR count). The standard InChI is InChI=1S/C10H15N5O2/c1-3-7(16)5-11-8-4-9-13-14-10(17)15(9)6(2)12-8/h4,7,11,16H,3,5H2,1-2H3,(H,14,17). The average Bonchev–Trinajstić information content (AvgIpc) is 2.68. The Morgan fingerprint density at radius 3 is 3.12 bits per heavy atom. The van der Waals surface area contributed by atoms with Gasteiger partial charge in [0.25, 0.3) is 0 Å². The molecule has 0 radical (unpaired) electrons. The molecule has 92 valence electrons. The van der Waals surface area contributed by atoms with Gasteiger partial charge in [0.15, 0.2) is 5.65 Å². The van der Waals surface area contributed by atoms with Crippen molar-refractivity contribution in [2.45, 2.75) is 26.4 Å². The fourth-order valence-electron chi connectivity index (χ4n) is 1.55. The second kappa shape index (κ2) is 4.54. The molecule has 2 heterocycles. The Kier molecular flexibility index (Phi) is 3.10. The lowest BCUT2D eigenvalue weighted by atomic mass is 10.3. The number of fused-ring (bicyclic) bond motifs is 1. The lowest BCUT2D eigenvalue weighted by Crippen LogP contribution is -2.20. The van der Waals surface area contributed by atoms with Crippen molar-refractivity contribution in [2.75, 3.05) is 11.9 Å². The van der Waals surface area contributed by atoms with E-state index in [1.54, 1.807) is 13.0 Å². The van der Waals surface area contributed by atoms with Crippen LogP contribution in [0.25, 0.3) is 5.65 Å². The summed E-state index contributed by atoms with van der Waals surface area (Å²) in [7, 11) is 0. The van der Waals surface area contributed by atoms with Crippen molar-refractivity contribution in [3.63, 3.8) is 0 Å². The van der Waals surface area contributed by atoms with Gasteiger partial charge in [-0.25, -0.2) is 19.3 Å². The highest BCUT2D eigenvalue weighted by Gasteiger charge is 2.07. The van der Waals surface area contributed by atoms with Crippen molar-refractivity contribution in [1.29, 1.82) is 0 Å². The second-order valence-electron chi connectivity index (χ2n) is 3.85. The highest BCUT2D eigenvalue weighted by atomic mass is 16.3. The molecule has 7 nitrogen and oxygen atoms in total. The number of nitrogens with one attached hydrogen (secondary N) is 2. The van der Waals surface area contributed by atoms with E-state index in [1.165, 1.54) is 4.40 Å². The normalized spacial score (nSPS) is 12.9. The molecule has 0 aliphatic heterocycles. The molecule has 0 saturated heterocycles. The number of aromatic amines is 1. The first-order valence-electron chi connectivity index (χ1n) is 5.48. The Balaban J connectivity index is 2.28. The molecule has 0 saturated carbocycles. The maximum Gasteiger partial charge on any atom is 0.349 e. The Labute approximate surface area is 97.5 Å². The fourth-order valence-corrected chi connectivity index (χ4v) is 1.55. The zero-order valence-corrected chi connectivity index (χ0v) is 9.77. The fraction of sp³-hybridized carbons (Fsp3) is 0.500. The third kappa shape index (κ3) is 2.28. The molecule has 1 unspecified atom stereocenters. The van der Waals surface area contributed by atoms with Crippen molar-refractivity contribution in [3.05, 3.63) is 22.4 Å². The monoisotopic (exact) mass is 237 g/mol. The summed E-state index contributed by atoms with van der Waals surface area (Å²) in [6.45, 7) is 4.06. The van der Waals surface area contributed by atoms with E-state index in [4.69, 9.17) is 0 Å². The van der Waals surface area contributed by atoms with Crippen LogP contribution in [0.15, 0.2) is 10.9 Å². The highest BCUT2D eigenvalue weighted by Crippen LogP contribution is 2.07. The number of anilines is 1. The van der Waals surface area contributed by atoms with E-state index >= 15 is 0 Å². The molecule has 0 spiro atoms. The van der Waals surface area contributed by atoms with Crippen LogP contribution in [-0.2, 0) is 0 Å². The molecule has 0 amide bonds. The van der Waals surface area contributed by atoms with Gasteiger partial charge in [-0.2, -0.15) is 5.10 Å². The summed E-state index contributed by atoms with van der Waals surface area (Å²) in [5.74, 6) is 1.15. The average molecular weight is 237 g/mol. The molecule has 0 aromatic carbocycles. The summed E-state index contributed by atoms with van der Waals surface area (Å²) in [5, 5.41) is 18.7. The van der Waals surface area contributed by atoms with Gasteiger partial charge in [0.05, 0.1) is 6.10 Å². The van der Waals surface area contributed by atoms with Crippen LogP contribution in [0.3, 0.4) is 0 Å². The van der Waals surface area contributed by atoms with Crippen molar-refractivity contribution < 1.29 is 5.11 Å². The summed E-state index contributed by atoms with van der Waals surface area (Å²) < 4.78 is 1.39. The second-order valence-corrected chi connectivity index (χ2v) is 3.85. The van der Waals surface area contributed by atoms with Gasteiger partial charge in [0.2, 0.25) is 0 Å². The largest absolute Gasteiger partial charge is 0.391 e. The number of rotatable bonds is 4. The van der Waals surface area contributed by atoms with Gasteiger partial charge in [0, 0.05) is 12.6 Å². The molecular formula is C10H15N5O2. The molecule has 17 heavy (non-hydrogen) atoms. The van der Waals surface area contributed by atoms with Crippen LogP contribution in [0.1, 0.15) is 19.2 Å². The zero-order valence-electron chi connectivity index (χ0n) is 9.77. The first-order valence-corrected chi connectivity index (χ1v) is 5.48. The smallest absolute Gasteiger partial charge is 0.349 e. The number of hydrogen-bond donors (Lipinski definition) is 3. The third-order valence-electron chi connectivity index (χ3n) is 2.56. The summed E-state index contributed by atoms with van der Waals surface area (Å²) in [4.78, 5) is 15.6. The minimum Gasteiger partial charge on any atom is -0.391 e. The van der Waals surface area contributed by atoms with Crippen molar-refractivity contribution in [2.24, 2.45) is 0 Å². The summed E-state index contributed by atoms with van der Waals surface area (Å²) in [6, 6.07) is 1.66. The lowest BCUT2D eigenvalue weighted by Gasteiger charge is -2.10. The van der Waals surface area contributed by atoms with Crippen LogP contribution in [0.5, 0.6) is 0 Å². The van der Waals surface area contributed by atoms with Crippen LogP contribution in [0.4, 0.5) is 5.82 Å². The van der Waals surface area contributed by atoms with E-state index in [-0.39, 0.29) is 5.69 Å². The zero-order chi connectivity index (χ0) is 12.4. The Bertz CT molecular complexity index is 574. The third-order valence-corrected chi connectivity index (χ3v) is 2.56. The van der Waals surface area contributed by atoms with Crippen molar-refractivity contribution in [3.8, 4) is 0 Å². The van der Waals surface area contributed by atoms with E-state index in [9.17, 15) is 9.90 Å². The van der Waals surface area contributed by atoms with E-state index < -0.39 is 6.10 Å². The highest BCUT2D eigenvalue weighted by molar-refractivity contribution is 5.49. The van der Waals surface area contributed by atoms with Gasteiger partial charge in [-0.15, -0.1) is 0 Å². The summed E-state index contributed by atoms with van der Waals surface area (Å²) in [5.41, 5.74) is 0.209. The minimum absolute atomic E-state index is 0.301. The molecule has 2 aromatic heterocycles. The topological polar surface area (TPSA) is 95.3 Å². The minimum atomic E-state index is -0.408.